The number of aromatic nitrogens is 1. The average molecular weight is 317 g/mol. The zero-order chi connectivity index (χ0) is 16.1. The normalized spacial score (nSPS) is 19.3. The van der Waals surface area contributed by atoms with E-state index in [1.165, 1.54) is 0 Å². The molecule has 3 rings (SSSR count). The molecule has 0 bridgehead atoms. The number of carbonyl (C=O) groups is 2. The molecule has 1 aromatic rings. The molecule has 0 aromatic carbocycles. The lowest BCUT2D eigenvalue weighted by atomic mass is 10.2. The standard InChI is InChI=1S/C16H23N5O2/c22-15(19-16(23)18-13-4-5-13)12-21-9-7-20(8-10-21)11-14-3-1-2-6-17-14/h1-3,6,13H,4-5,7-12H2,(H2,18,19,22,23). The number of pyridine rings is 1. The number of urea groups is 1. The number of hydrogen-bond donors (Lipinski definition) is 2. The van der Waals surface area contributed by atoms with Crippen molar-refractivity contribution in [1.29, 1.82) is 0 Å². The molecule has 2 aliphatic rings. The molecule has 0 unspecified atom stereocenters. The molecule has 2 N–H and O–H groups in total. The lowest BCUT2D eigenvalue weighted by Gasteiger charge is -2.33. The molecule has 2 fully saturated rings. The lowest BCUT2D eigenvalue weighted by Crippen LogP contribution is -2.51. The summed E-state index contributed by atoms with van der Waals surface area (Å²) in [5, 5.41) is 5.15. The summed E-state index contributed by atoms with van der Waals surface area (Å²) in [6, 6.07) is 5.83. The molecule has 124 valence electrons. The Hall–Kier alpha value is -1.99. The third kappa shape index (κ3) is 5.30. The number of amides is 3. The first-order chi connectivity index (χ1) is 11.2. The van der Waals surface area contributed by atoms with E-state index in [1.807, 2.05) is 24.4 Å². The highest BCUT2D eigenvalue weighted by Gasteiger charge is 2.25. The van der Waals surface area contributed by atoms with Gasteiger partial charge in [0.1, 0.15) is 0 Å². The van der Waals surface area contributed by atoms with Crippen LogP contribution in [0.3, 0.4) is 0 Å². The second-order valence-electron chi connectivity index (χ2n) is 6.17. The lowest BCUT2D eigenvalue weighted by molar-refractivity contribution is -0.121. The van der Waals surface area contributed by atoms with Gasteiger partial charge in [-0.15, -0.1) is 0 Å². The first-order valence-electron chi connectivity index (χ1n) is 8.14. The SMILES string of the molecule is O=C(CN1CCN(Cc2ccccn2)CC1)NC(=O)NC1CC1. The number of rotatable bonds is 5. The molecule has 1 aliphatic carbocycles. The fraction of sp³-hybridized carbons (Fsp3) is 0.562. The van der Waals surface area contributed by atoms with E-state index < -0.39 is 0 Å². The molecule has 3 amide bonds. The van der Waals surface area contributed by atoms with E-state index in [-0.39, 0.29) is 24.5 Å². The van der Waals surface area contributed by atoms with Gasteiger partial charge in [0.2, 0.25) is 5.91 Å². The van der Waals surface area contributed by atoms with Gasteiger partial charge in [-0.1, -0.05) is 6.07 Å². The van der Waals surface area contributed by atoms with Gasteiger partial charge in [0, 0.05) is 45.0 Å². The summed E-state index contributed by atoms with van der Waals surface area (Å²) >= 11 is 0. The third-order valence-corrected chi connectivity index (χ3v) is 4.11. The highest BCUT2D eigenvalue weighted by molar-refractivity contribution is 5.95. The van der Waals surface area contributed by atoms with E-state index in [0.717, 1.165) is 51.3 Å². The molecule has 1 aromatic heterocycles. The Morgan fingerprint density at radius 3 is 2.52 bits per heavy atom. The van der Waals surface area contributed by atoms with Crippen molar-refractivity contribution in [1.82, 2.24) is 25.4 Å². The Labute approximate surface area is 136 Å². The second-order valence-corrected chi connectivity index (χ2v) is 6.17. The first kappa shape index (κ1) is 15.9. The Bertz CT molecular complexity index is 539. The molecule has 2 heterocycles. The van der Waals surface area contributed by atoms with Gasteiger partial charge in [0.05, 0.1) is 12.2 Å². The molecular weight excluding hydrogens is 294 g/mol. The van der Waals surface area contributed by atoms with Crippen LogP contribution in [0.2, 0.25) is 0 Å². The van der Waals surface area contributed by atoms with Crippen LogP contribution >= 0.6 is 0 Å². The van der Waals surface area contributed by atoms with Gasteiger partial charge >= 0.3 is 6.03 Å². The quantitative estimate of drug-likeness (QED) is 0.810. The van der Waals surface area contributed by atoms with Gasteiger partial charge in [-0.3, -0.25) is 24.9 Å². The van der Waals surface area contributed by atoms with Crippen molar-refractivity contribution in [2.75, 3.05) is 32.7 Å². The van der Waals surface area contributed by atoms with E-state index in [4.69, 9.17) is 0 Å². The second kappa shape index (κ2) is 7.52. The van der Waals surface area contributed by atoms with Crippen LogP contribution in [0.1, 0.15) is 18.5 Å². The maximum absolute atomic E-state index is 11.9. The van der Waals surface area contributed by atoms with E-state index in [1.54, 1.807) is 0 Å². The highest BCUT2D eigenvalue weighted by Crippen LogP contribution is 2.18. The highest BCUT2D eigenvalue weighted by atomic mass is 16.2. The van der Waals surface area contributed by atoms with Crippen molar-refractivity contribution < 1.29 is 9.59 Å². The van der Waals surface area contributed by atoms with Gasteiger partial charge in [-0.2, -0.15) is 0 Å². The minimum absolute atomic E-state index is 0.235. The number of piperazine rings is 1. The zero-order valence-electron chi connectivity index (χ0n) is 13.2. The van der Waals surface area contributed by atoms with E-state index in [2.05, 4.69) is 25.4 Å². The van der Waals surface area contributed by atoms with Crippen LogP contribution in [0.4, 0.5) is 4.79 Å². The van der Waals surface area contributed by atoms with Gasteiger partial charge in [0.25, 0.3) is 0 Å². The number of nitrogens with one attached hydrogen (secondary N) is 2. The first-order valence-corrected chi connectivity index (χ1v) is 8.14. The average Bonchev–Trinajstić information content (AvgIpc) is 3.34. The smallest absolute Gasteiger partial charge is 0.321 e. The number of imide groups is 1. The summed E-state index contributed by atoms with van der Waals surface area (Å²) in [4.78, 5) is 32.1. The van der Waals surface area contributed by atoms with Crippen LogP contribution in [0.15, 0.2) is 24.4 Å². The summed E-state index contributed by atoms with van der Waals surface area (Å²) in [5.41, 5.74) is 1.07. The monoisotopic (exact) mass is 317 g/mol. The van der Waals surface area contributed by atoms with Crippen LogP contribution in [-0.4, -0.2) is 65.5 Å². The number of hydrogen-bond acceptors (Lipinski definition) is 5. The Morgan fingerprint density at radius 2 is 1.87 bits per heavy atom. The van der Waals surface area contributed by atoms with Crippen molar-refractivity contribution >= 4 is 11.9 Å². The molecule has 0 spiro atoms. The van der Waals surface area contributed by atoms with Crippen LogP contribution in [-0.2, 0) is 11.3 Å². The van der Waals surface area contributed by atoms with Crippen LogP contribution in [0.25, 0.3) is 0 Å². The van der Waals surface area contributed by atoms with Gasteiger partial charge in [-0.05, 0) is 25.0 Å². The Morgan fingerprint density at radius 1 is 1.13 bits per heavy atom. The molecule has 23 heavy (non-hydrogen) atoms. The Balaban J connectivity index is 1.35. The minimum Gasteiger partial charge on any atom is -0.335 e. The van der Waals surface area contributed by atoms with Crippen molar-refractivity contribution in [3.05, 3.63) is 30.1 Å². The zero-order valence-corrected chi connectivity index (χ0v) is 13.2. The summed E-state index contributed by atoms with van der Waals surface area (Å²) in [6.07, 6.45) is 3.84. The van der Waals surface area contributed by atoms with Crippen molar-refractivity contribution in [2.45, 2.75) is 25.4 Å². The number of carbonyl (C=O) groups excluding carboxylic acids is 2. The van der Waals surface area contributed by atoms with Crippen LogP contribution < -0.4 is 10.6 Å². The third-order valence-electron chi connectivity index (χ3n) is 4.11. The molecule has 1 saturated carbocycles. The summed E-state index contributed by atoms with van der Waals surface area (Å²) < 4.78 is 0. The van der Waals surface area contributed by atoms with Crippen LogP contribution in [0, 0.1) is 0 Å². The van der Waals surface area contributed by atoms with Crippen LogP contribution in [0.5, 0.6) is 0 Å². The van der Waals surface area contributed by atoms with Crippen molar-refractivity contribution in [3.63, 3.8) is 0 Å². The van der Waals surface area contributed by atoms with E-state index in [9.17, 15) is 9.59 Å². The minimum atomic E-state index is -0.369. The fourth-order valence-corrected chi connectivity index (χ4v) is 2.64. The Kier molecular flexibility index (Phi) is 5.19. The molecule has 0 radical (unpaired) electrons. The largest absolute Gasteiger partial charge is 0.335 e. The topological polar surface area (TPSA) is 77.6 Å². The molecular formula is C16H23N5O2. The number of nitrogens with zero attached hydrogens (tertiary/aromatic N) is 3. The fourth-order valence-electron chi connectivity index (χ4n) is 2.64. The molecule has 7 heteroatoms. The predicted octanol–water partition coefficient (Wildman–Crippen LogP) is 0.187. The molecule has 7 nitrogen and oxygen atoms in total. The van der Waals surface area contributed by atoms with Gasteiger partial charge in [-0.25, -0.2) is 4.79 Å². The molecule has 1 aliphatic heterocycles. The van der Waals surface area contributed by atoms with Crippen molar-refractivity contribution in [2.24, 2.45) is 0 Å². The predicted molar refractivity (Wildman–Crippen MR) is 85.7 cm³/mol. The van der Waals surface area contributed by atoms with E-state index >= 15 is 0 Å². The molecule has 1 saturated heterocycles. The van der Waals surface area contributed by atoms with Gasteiger partial charge in [0.15, 0.2) is 0 Å². The maximum atomic E-state index is 11.9. The maximum Gasteiger partial charge on any atom is 0.321 e. The van der Waals surface area contributed by atoms with E-state index in [0.29, 0.717) is 0 Å². The summed E-state index contributed by atoms with van der Waals surface area (Å²) in [6.45, 7) is 4.56. The van der Waals surface area contributed by atoms with Crippen molar-refractivity contribution in [3.8, 4) is 0 Å². The summed E-state index contributed by atoms with van der Waals surface area (Å²) in [5.74, 6) is -0.235. The summed E-state index contributed by atoms with van der Waals surface area (Å²) in [7, 11) is 0. The molecule has 0 atom stereocenters. The van der Waals surface area contributed by atoms with Gasteiger partial charge < -0.3 is 5.32 Å².